The van der Waals surface area contributed by atoms with Gasteiger partial charge in [0, 0.05) is 36.1 Å². The van der Waals surface area contributed by atoms with Crippen molar-refractivity contribution in [2.45, 2.75) is 51.6 Å². The average molecular weight is 429 g/mol. The maximum absolute atomic E-state index is 12.8. The van der Waals surface area contributed by atoms with Crippen LogP contribution in [0.25, 0.3) is 10.9 Å². The number of H-pyrrole nitrogens is 1. The van der Waals surface area contributed by atoms with E-state index in [1.54, 1.807) is 4.90 Å². The number of fused-ring (bicyclic) bond motifs is 1. The number of carbonyl (C=O) groups is 3. The lowest BCUT2D eigenvalue weighted by Crippen LogP contribution is -2.52. The van der Waals surface area contributed by atoms with E-state index in [9.17, 15) is 19.5 Å². The number of para-hydroxylation sites is 1. The molecule has 168 valence electrons. The standard InChI is InChI=1S/C23H32N4O4/c1-3-14(2)20(23(30)31)26-21(28)15-8-10-27(11-9-15)22(29)18(24)12-16-13-25-19-7-5-4-6-17(16)19/h4-7,13-15,18,20,25H,3,8-12,24H2,1-2H3,(H,26,28)(H,30,31)/t14-,18-,20-/m0/s1. The lowest BCUT2D eigenvalue weighted by molar-refractivity contribution is -0.144. The van der Waals surface area contributed by atoms with Crippen molar-refractivity contribution in [1.82, 2.24) is 15.2 Å². The average Bonchev–Trinajstić information content (AvgIpc) is 3.19. The highest BCUT2D eigenvalue weighted by Crippen LogP contribution is 2.22. The van der Waals surface area contributed by atoms with Crippen LogP contribution >= 0.6 is 0 Å². The molecule has 2 heterocycles. The summed E-state index contributed by atoms with van der Waals surface area (Å²) in [6.07, 6.45) is 4.01. The summed E-state index contributed by atoms with van der Waals surface area (Å²) in [5.74, 6) is -1.82. The van der Waals surface area contributed by atoms with Crippen molar-refractivity contribution in [1.29, 1.82) is 0 Å². The van der Waals surface area contributed by atoms with E-state index in [-0.39, 0.29) is 23.7 Å². The number of aromatic nitrogens is 1. The van der Waals surface area contributed by atoms with Crippen molar-refractivity contribution >= 4 is 28.7 Å². The van der Waals surface area contributed by atoms with Crippen LogP contribution in [0.15, 0.2) is 30.5 Å². The fraction of sp³-hybridized carbons (Fsp3) is 0.522. The second kappa shape index (κ2) is 9.96. The van der Waals surface area contributed by atoms with Crippen LogP contribution in [0.3, 0.4) is 0 Å². The molecule has 0 saturated carbocycles. The number of carboxylic acid groups (broad SMARTS) is 1. The zero-order chi connectivity index (χ0) is 22.5. The third-order valence-corrected chi connectivity index (χ3v) is 6.39. The molecule has 2 amide bonds. The smallest absolute Gasteiger partial charge is 0.326 e. The Hall–Kier alpha value is -2.87. The summed E-state index contributed by atoms with van der Waals surface area (Å²) < 4.78 is 0. The predicted molar refractivity (Wildman–Crippen MR) is 118 cm³/mol. The zero-order valence-corrected chi connectivity index (χ0v) is 18.1. The number of rotatable bonds is 8. The topological polar surface area (TPSA) is 129 Å². The first-order chi connectivity index (χ1) is 14.8. The van der Waals surface area contributed by atoms with Crippen LogP contribution in [-0.2, 0) is 20.8 Å². The first-order valence-electron chi connectivity index (χ1n) is 10.9. The van der Waals surface area contributed by atoms with Crippen molar-refractivity contribution in [3.05, 3.63) is 36.0 Å². The van der Waals surface area contributed by atoms with E-state index in [4.69, 9.17) is 5.73 Å². The van der Waals surface area contributed by atoms with Crippen molar-refractivity contribution in [2.75, 3.05) is 13.1 Å². The number of likely N-dealkylation sites (tertiary alicyclic amines) is 1. The number of piperidine rings is 1. The van der Waals surface area contributed by atoms with E-state index in [2.05, 4.69) is 10.3 Å². The first kappa shape index (κ1) is 22.8. The number of carboxylic acids is 1. The number of benzene rings is 1. The van der Waals surface area contributed by atoms with Gasteiger partial charge in [0.2, 0.25) is 11.8 Å². The molecule has 2 aromatic rings. The predicted octanol–water partition coefficient (Wildman–Crippen LogP) is 1.89. The molecular formula is C23H32N4O4. The van der Waals surface area contributed by atoms with Gasteiger partial charge in [-0.3, -0.25) is 9.59 Å². The van der Waals surface area contributed by atoms with Gasteiger partial charge in [0.25, 0.3) is 0 Å². The molecule has 1 saturated heterocycles. The second-order valence-corrected chi connectivity index (χ2v) is 8.48. The second-order valence-electron chi connectivity index (χ2n) is 8.48. The van der Waals surface area contributed by atoms with E-state index >= 15 is 0 Å². The Balaban J connectivity index is 1.53. The highest BCUT2D eigenvalue weighted by atomic mass is 16.4. The van der Waals surface area contributed by atoms with Gasteiger partial charge >= 0.3 is 5.97 Å². The number of hydrogen-bond acceptors (Lipinski definition) is 4. The molecule has 0 aliphatic carbocycles. The Morgan fingerprint density at radius 1 is 1.26 bits per heavy atom. The number of carbonyl (C=O) groups excluding carboxylic acids is 2. The van der Waals surface area contributed by atoms with Crippen LogP contribution in [0.1, 0.15) is 38.7 Å². The minimum Gasteiger partial charge on any atom is -0.480 e. The summed E-state index contributed by atoms with van der Waals surface area (Å²) in [5.41, 5.74) is 8.25. The third kappa shape index (κ3) is 5.25. The number of aliphatic carboxylic acids is 1. The number of nitrogens with two attached hydrogens (primary N) is 1. The molecule has 0 unspecified atom stereocenters. The molecule has 1 aliphatic rings. The molecule has 8 heteroatoms. The van der Waals surface area contributed by atoms with Gasteiger partial charge in [-0.25, -0.2) is 4.79 Å². The summed E-state index contributed by atoms with van der Waals surface area (Å²) in [7, 11) is 0. The molecule has 0 bridgehead atoms. The van der Waals surface area contributed by atoms with E-state index in [0.717, 1.165) is 16.5 Å². The molecule has 1 aromatic carbocycles. The molecule has 8 nitrogen and oxygen atoms in total. The van der Waals surface area contributed by atoms with Crippen molar-refractivity contribution < 1.29 is 19.5 Å². The van der Waals surface area contributed by atoms with Crippen LogP contribution in [0, 0.1) is 11.8 Å². The summed E-state index contributed by atoms with van der Waals surface area (Å²) in [6.45, 7) is 4.60. The monoisotopic (exact) mass is 428 g/mol. The molecule has 0 spiro atoms. The molecule has 1 aromatic heterocycles. The minimum atomic E-state index is -1.02. The Morgan fingerprint density at radius 3 is 2.58 bits per heavy atom. The lowest BCUT2D eigenvalue weighted by atomic mass is 9.93. The minimum absolute atomic E-state index is 0.118. The van der Waals surface area contributed by atoms with Crippen LogP contribution in [0.2, 0.25) is 0 Å². The number of hydrogen-bond donors (Lipinski definition) is 4. The van der Waals surface area contributed by atoms with Crippen LogP contribution in [0.5, 0.6) is 0 Å². The summed E-state index contributed by atoms with van der Waals surface area (Å²) in [6, 6.07) is 6.37. The van der Waals surface area contributed by atoms with Gasteiger partial charge in [0.15, 0.2) is 0 Å². The Bertz CT molecular complexity index is 933. The molecule has 5 N–H and O–H groups in total. The number of amides is 2. The summed E-state index contributed by atoms with van der Waals surface area (Å²) in [5, 5.41) is 13.1. The molecule has 3 rings (SSSR count). The first-order valence-corrected chi connectivity index (χ1v) is 10.9. The molecule has 0 radical (unpaired) electrons. The lowest BCUT2D eigenvalue weighted by Gasteiger charge is -2.33. The van der Waals surface area contributed by atoms with Crippen LogP contribution in [-0.4, -0.2) is 57.9 Å². The quantitative estimate of drug-likeness (QED) is 0.510. The highest BCUT2D eigenvalue weighted by Gasteiger charge is 2.33. The largest absolute Gasteiger partial charge is 0.480 e. The highest BCUT2D eigenvalue weighted by molar-refractivity contribution is 5.87. The van der Waals surface area contributed by atoms with Crippen molar-refractivity contribution in [3.63, 3.8) is 0 Å². The summed E-state index contributed by atoms with van der Waals surface area (Å²) >= 11 is 0. The molecule has 31 heavy (non-hydrogen) atoms. The Labute approximate surface area is 182 Å². The zero-order valence-electron chi connectivity index (χ0n) is 18.1. The van der Waals surface area contributed by atoms with Crippen molar-refractivity contribution in [3.8, 4) is 0 Å². The molecular weight excluding hydrogens is 396 g/mol. The van der Waals surface area contributed by atoms with Crippen LogP contribution in [0.4, 0.5) is 0 Å². The molecule has 1 fully saturated rings. The molecule has 1 aliphatic heterocycles. The fourth-order valence-electron chi connectivity index (χ4n) is 4.18. The van der Waals surface area contributed by atoms with Gasteiger partial charge in [0.05, 0.1) is 6.04 Å². The van der Waals surface area contributed by atoms with E-state index in [1.807, 2.05) is 44.3 Å². The molecule has 3 atom stereocenters. The maximum Gasteiger partial charge on any atom is 0.326 e. The third-order valence-electron chi connectivity index (χ3n) is 6.39. The van der Waals surface area contributed by atoms with Gasteiger partial charge in [-0.05, 0) is 36.8 Å². The van der Waals surface area contributed by atoms with Gasteiger partial charge in [-0.1, -0.05) is 38.5 Å². The number of nitrogens with one attached hydrogen (secondary N) is 2. The Kier molecular flexibility index (Phi) is 7.33. The van der Waals surface area contributed by atoms with Gasteiger partial charge in [0.1, 0.15) is 6.04 Å². The van der Waals surface area contributed by atoms with Crippen molar-refractivity contribution in [2.24, 2.45) is 17.6 Å². The van der Waals surface area contributed by atoms with Crippen LogP contribution < -0.4 is 11.1 Å². The maximum atomic E-state index is 12.8. The van der Waals surface area contributed by atoms with E-state index in [0.29, 0.717) is 38.8 Å². The SMILES string of the molecule is CC[C@H](C)[C@H](NC(=O)C1CCN(C(=O)[C@@H](N)Cc2c[nH]c3ccccc23)CC1)C(=O)O. The van der Waals surface area contributed by atoms with E-state index < -0.39 is 18.1 Å². The number of aromatic amines is 1. The Morgan fingerprint density at radius 2 is 1.94 bits per heavy atom. The van der Waals surface area contributed by atoms with Gasteiger partial charge < -0.3 is 26.0 Å². The van der Waals surface area contributed by atoms with E-state index in [1.165, 1.54) is 0 Å². The van der Waals surface area contributed by atoms with Gasteiger partial charge in [-0.15, -0.1) is 0 Å². The normalized spacial score (nSPS) is 17.8. The number of nitrogens with zero attached hydrogens (tertiary/aromatic N) is 1. The fourth-order valence-corrected chi connectivity index (χ4v) is 4.18. The van der Waals surface area contributed by atoms with Gasteiger partial charge in [-0.2, -0.15) is 0 Å². The summed E-state index contributed by atoms with van der Waals surface area (Å²) in [4.78, 5) is 41.8.